The van der Waals surface area contributed by atoms with Crippen LogP contribution in [0.1, 0.15) is 45.4 Å². The molecule has 0 aromatic rings. The van der Waals surface area contributed by atoms with Gasteiger partial charge in [-0.15, -0.1) is 0 Å². The Kier molecular flexibility index (Phi) is 8.86. The molecule has 4 heteroatoms. The lowest BCUT2D eigenvalue weighted by Crippen LogP contribution is -2.32. The standard InChI is InChI=1S/C14H27NO3/c1-2-18-14(16)8-4-3-5-10-17-12-13-7-6-9-15-11-13/h13,15H,2-12H2,1H3. The van der Waals surface area contributed by atoms with Gasteiger partial charge in [0.15, 0.2) is 0 Å². The quantitative estimate of drug-likeness (QED) is 0.508. The third kappa shape index (κ3) is 7.67. The van der Waals surface area contributed by atoms with Crippen molar-refractivity contribution in [2.45, 2.75) is 45.4 Å². The normalized spacial score (nSPS) is 19.7. The number of carbonyl (C=O) groups excluding carboxylic acids is 1. The molecule has 1 aliphatic heterocycles. The van der Waals surface area contributed by atoms with Crippen LogP contribution in [0.4, 0.5) is 0 Å². The van der Waals surface area contributed by atoms with E-state index >= 15 is 0 Å². The van der Waals surface area contributed by atoms with Gasteiger partial charge in [-0.25, -0.2) is 0 Å². The van der Waals surface area contributed by atoms with E-state index in [4.69, 9.17) is 9.47 Å². The molecule has 106 valence electrons. The summed E-state index contributed by atoms with van der Waals surface area (Å²) in [5, 5.41) is 3.39. The molecule has 18 heavy (non-hydrogen) atoms. The van der Waals surface area contributed by atoms with Crippen molar-refractivity contribution in [3.8, 4) is 0 Å². The van der Waals surface area contributed by atoms with Gasteiger partial charge in [0, 0.05) is 19.6 Å². The average molecular weight is 257 g/mol. The summed E-state index contributed by atoms with van der Waals surface area (Å²) in [5.41, 5.74) is 0. The first-order valence-corrected chi connectivity index (χ1v) is 7.27. The summed E-state index contributed by atoms with van der Waals surface area (Å²) in [6.45, 7) is 6.28. The molecule has 1 rings (SSSR count). The van der Waals surface area contributed by atoms with Crippen LogP contribution in [0.2, 0.25) is 0 Å². The van der Waals surface area contributed by atoms with Crippen molar-refractivity contribution >= 4 is 5.97 Å². The van der Waals surface area contributed by atoms with E-state index in [9.17, 15) is 4.79 Å². The summed E-state index contributed by atoms with van der Waals surface area (Å²) < 4.78 is 10.5. The highest BCUT2D eigenvalue weighted by molar-refractivity contribution is 5.69. The van der Waals surface area contributed by atoms with Crippen molar-refractivity contribution < 1.29 is 14.3 Å². The molecule has 1 heterocycles. The molecule has 1 aliphatic rings. The second kappa shape index (κ2) is 10.3. The van der Waals surface area contributed by atoms with E-state index in [2.05, 4.69) is 5.32 Å². The molecule has 1 saturated heterocycles. The molecule has 0 spiro atoms. The zero-order valence-corrected chi connectivity index (χ0v) is 11.6. The number of rotatable bonds is 9. The molecule has 0 bridgehead atoms. The Morgan fingerprint density at radius 1 is 1.33 bits per heavy atom. The second-order valence-corrected chi connectivity index (χ2v) is 4.90. The minimum Gasteiger partial charge on any atom is -0.466 e. The fourth-order valence-electron chi connectivity index (χ4n) is 2.20. The fraction of sp³-hybridized carbons (Fsp3) is 0.929. The molecule has 1 N–H and O–H groups in total. The van der Waals surface area contributed by atoms with Crippen molar-refractivity contribution in [3.63, 3.8) is 0 Å². The summed E-state index contributed by atoms with van der Waals surface area (Å²) in [6, 6.07) is 0. The second-order valence-electron chi connectivity index (χ2n) is 4.90. The topological polar surface area (TPSA) is 47.6 Å². The summed E-state index contributed by atoms with van der Waals surface area (Å²) in [6.07, 6.45) is 6.10. The van der Waals surface area contributed by atoms with Gasteiger partial charge in [-0.1, -0.05) is 6.42 Å². The fourth-order valence-corrected chi connectivity index (χ4v) is 2.20. The van der Waals surface area contributed by atoms with Crippen LogP contribution in [0.3, 0.4) is 0 Å². The van der Waals surface area contributed by atoms with Crippen molar-refractivity contribution in [1.29, 1.82) is 0 Å². The zero-order chi connectivity index (χ0) is 13.1. The van der Waals surface area contributed by atoms with Crippen molar-refractivity contribution in [3.05, 3.63) is 0 Å². The molecule has 1 unspecified atom stereocenters. The Balaban J connectivity index is 1.82. The minimum atomic E-state index is -0.0771. The molecule has 0 saturated carbocycles. The molecule has 0 aliphatic carbocycles. The van der Waals surface area contributed by atoms with Crippen molar-refractivity contribution in [1.82, 2.24) is 5.32 Å². The maximum atomic E-state index is 11.1. The van der Waals surface area contributed by atoms with Crippen LogP contribution < -0.4 is 5.32 Å². The van der Waals surface area contributed by atoms with Gasteiger partial charge in [0.2, 0.25) is 0 Å². The Morgan fingerprint density at radius 3 is 2.94 bits per heavy atom. The summed E-state index contributed by atoms with van der Waals surface area (Å²) in [4.78, 5) is 11.1. The van der Waals surface area contributed by atoms with Crippen molar-refractivity contribution in [2.24, 2.45) is 5.92 Å². The number of piperidine rings is 1. The van der Waals surface area contributed by atoms with Gasteiger partial charge >= 0.3 is 5.97 Å². The number of esters is 1. The summed E-state index contributed by atoms with van der Waals surface area (Å²) in [7, 11) is 0. The van der Waals surface area contributed by atoms with Gasteiger partial charge in [-0.3, -0.25) is 4.79 Å². The van der Waals surface area contributed by atoms with Crippen LogP contribution in [0.5, 0.6) is 0 Å². The lowest BCUT2D eigenvalue weighted by molar-refractivity contribution is -0.143. The molecule has 0 aromatic carbocycles. The molecule has 1 fully saturated rings. The van der Waals surface area contributed by atoms with E-state index in [1.165, 1.54) is 12.8 Å². The molecule has 4 nitrogen and oxygen atoms in total. The van der Waals surface area contributed by atoms with Gasteiger partial charge in [0.1, 0.15) is 0 Å². The molecular weight excluding hydrogens is 230 g/mol. The largest absolute Gasteiger partial charge is 0.466 e. The van der Waals surface area contributed by atoms with Crippen LogP contribution in [-0.4, -0.2) is 38.9 Å². The maximum Gasteiger partial charge on any atom is 0.305 e. The SMILES string of the molecule is CCOC(=O)CCCCCOCC1CCCNC1. The predicted molar refractivity (Wildman–Crippen MR) is 71.5 cm³/mol. The first kappa shape index (κ1) is 15.4. The Morgan fingerprint density at radius 2 is 2.22 bits per heavy atom. The molecular formula is C14H27NO3. The average Bonchev–Trinajstić information content (AvgIpc) is 2.39. The van der Waals surface area contributed by atoms with E-state index < -0.39 is 0 Å². The molecule has 0 radical (unpaired) electrons. The summed E-state index contributed by atoms with van der Waals surface area (Å²) >= 11 is 0. The Hall–Kier alpha value is -0.610. The minimum absolute atomic E-state index is 0.0771. The third-order valence-electron chi connectivity index (χ3n) is 3.23. The van der Waals surface area contributed by atoms with Gasteiger partial charge in [-0.05, 0) is 45.1 Å². The smallest absolute Gasteiger partial charge is 0.305 e. The maximum absolute atomic E-state index is 11.1. The Bertz CT molecular complexity index is 215. The lowest BCUT2D eigenvalue weighted by atomic mass is 10.0. The third-order valence-corrected chi connectivity index (χ3v) is 3.23. The highest BCUT2D eigenvalue weighted by Gasteiger charge is 2.12. The van der Waals surface area contributed by atoms with Gasteiger partial charge in [0.25, 0.3) is 0 Å². The number of carbonyl (C=O) groups is 1. The number of nitrogens with one attached hydrogen (secondary N) is 1. The number of hydrogen-bond donors (Lipinski definition) is 1. The zero-order valence-electron chi connectivity index (χ0n) is 11.6. The van der Waals surface area contributed by atoms with Crippen molar-refractivity contribution in [2.75, 3.05) is 32.9 Å². The molecule has 1 atom stereocenters. The van der Waals surface area contributed by atoms with Gasteiger partial charge in [-0.2, -0.15) is 0 Å². The number of hydrogen-bond acceptors (Lipinski definition) is 4. The predicted octanol–water partition coefficient (Wildman–Crippen LogP) is 2.13. The Labute approximate surface area is 110 Å². The van der Waals surface area contributed by atoms with E-state index in [1.54, 1.807) is 0 Å². The first-order chi connectivity index (χ1) is 8.83. The van der Waals surface area contributed by atoms with Gasteiger partial charge in [0.05, 0.1) is 13.2 Å². The number of ether oxygens (including phenoxy) is 2. The van der Waals surface area contributed by atoms with Gasteiger partial charge < -0.3 is 14.8 Å². The van der Waals surface area contributed by atoms with E-state index in [0.717, 1.165) is 45.6 Å². The first-order valence-electron chi connectivity index (χ1n) is 7.27. The monoisotopic (exact) mass is 257 g/mol. The van der Waals surface area contributed by atoms with Crippen LogP contribution in [0.15, 0.2) is 0 Å². The molecule has 0 aromatic heterocycles. The van der Waals surface area contributed by atoms with Crippen LogP contribution in [0, 0.1) is 5.92 Å². The lowest BCUT2D eigenvalue weighted by Gasteiger charge is -2.22. The van der Waals surface area contributed by atoms with Crippen LogP contribution in [0.25, 0.3) is 0 Å². The number of unbranched alkanes of at least 4 members (excludes halogenated alkanes) is 2. The van der Waals surface area contributed by atoms with E-state index in [-0.39, 0.29) is 5.97 Å². The van der Waals surface area contributed by atoms with Crippen LogP contribution in [-0.2, 0) is 14.3 Å². The van der Waals surface area contributed by atoms with E-state index in [1.807, 2.05) is 6.92 Å². The molecule has 0 amide bonds. The summed E-state index contributed by atoms with van der Waals surface area (Å²) in [5.74, 6) is 0.616. The van der Waals surface area contributed by atoms with E-state index in [0.29, 0.717) is 18.9 Å². The highest BCUT2D eigenvalue weighted by Crippen LogP contribution is 2.10. The highest BCUT2D eigenvalue weighted by atomic mass is 16.5. The van der Waals surface area contributed by atoms with Crippen LogP contribution >= 0.6 is 0 Å².